The fourth-order valence-electron chi connectivity index (χ4n) is 2.71. The van der Waals surface area contributed by atoms with E-state index in [0.717, 1.165) is 25.3 Å². The minimum absolute atomic E-state index is 0.174. The van der Waals surface area contributed by atoms with Crippen LogP contribution < -0.4 is 5.32 Å². The van der Waals surface area contributed by atoms with Crippen molar-refractivity contribution in [2.75, 3.05) is 19.6 Å². The number of piperidine rings is 1. The van der Waals surface area contributed by atoms with E-state index in [9.17, 15) is 12.8 Å². The first-order valence-corrected chi connectivity index (χ1v) is 8.99. The van der Waals surface area contributed by atoms with Crippen molar-refractivity contribution < 1.29 is 12.8 Å². The SMILES string of the molecule is O=S(=O)(c1ccc(F)cc1)N1CCC(NCC2CC2)CC1. The number of hydrogen-bond donors (Lipinski definition) is 1. The molecule has 1 aromatic carbocycles. The van der Waals surface area contributed by atoms with Crippen molar-refractivity contribution in [3.05, 3.63) is 30.1 Å². The van der Waals surface area contributed by atoms with Gasteiger partial charge in [-0.3, -0.25) is 0 Å². The predicted octanol–water partition coefficient (Wildman–Crippen LogP) is 1.98. The predicted molar refractivity (Wildman–Crippen MR) is 78.9 cm³/mol. The highest BCUT2D eigenvalue weighted by molar-refractivity contribution is 7.89. The zero-order valence-electron chi connectivity index (χ0n) is 12.0. The molecule has 0 amide bonds. The van der Waals surface area contributed by atoms with Gasteiger partial charge >= 0.3 is 0 Å². The maximum Gasteiger partial charge on any atom is 0.243 e. The number of benzene rings is 1. The zero-order valence-corrected chi connectivity index (χ0v) is 12.8. The van der Waals surface area contributed by atoms with Crippen molar-refractivity contribution in [3.8, 4) is 0 Å². The Hall–Kier alpha value is -0.980. The molecular formula is C15H21FN2O2S. The van der Waals surface area contributed by atoms with Crippen LogP contribution in [0.2, 0.25) is 0 Å². The van der Waals surface area contributed by atoms with Gasteiger partial charge in [0.2, 0.25) is 10.0 Å². The average molecular weight is 312 g/mol. The lowest BCUT2D eigenvalue weighted by atomic mass is 10.1. The van der Waals surface area contributed by atoms with Gasteiger partial charge in [0.15, 0.2) is 0 Å². The number of rotatable bonds is 5. The molecule has 1 saturated heterocycles. The van der Waals surface area contributed by atoms with Crippen LogP contribution in [0.25, 0.3) is 0 Å². The maximum absolute atomic E-state index is 12.9. The minimum Gasteiger partial charge on any atom is -0.314 e. The van der Waals surface area contributed by atoms with E-state index < -0.39 is 15.8 Å². The van der Waals surface area contributed by atoms with Gasteiger partial charge in [-0.1, -0.05) is 0 Å². The molecule has 1 heterocycles. The van der Waals surface area contributed by atoms with Crippen LogP contribution in [0.5, 0.6) is 0 Å². The molecule has 3 rings (SSSR count). The Labute approximate surface area is 125 Å². The largest absolute Gasteiger partial charge is 0.314 e. The molecule has 21 heavy (non-hydrogen) atoms. The van der Waals surface area contributed by atoms with Gasteiger partial charge in [-0.25, -0.2) is 12.8 Å². The molecule has 1 aromatic rings. The maximum atomic E-state index is 12.9. The number of nitrogens with zero attached hydrogens (tertiary/aromatic N) is 1. The molecule has 0 spiro atoms. The Morgan fingerprint density at radius 2 is 1.71 bits per heavy atom. The van der Waals surface area contributed by atoms with E-state index in [1.165, 1.54) is 41.4 Å². The van der Waals surface area contributed by atoms with Gasteiger partial charge in [0.05, 0.1) is 4.90 Å². The Morgan fingerprint density at radius 3 is 2.29 bits per heavy atom. The first-order valence-electron chi connectivity index (χ1n) is 7.55. The third-order valence-corrected chi connectivity index (χ3v) is 6.21. The van der Waals surface area contributed by atoms with Crippen molar-refractivity contribution >= 4 is 10.0 Å². The molecule has 6 heteroatoms. The highest BCUT2D eigenvalue weighted by Gasteiger charge is 2.30. The fourth-order valence-corrected chi connectivity index (χ4v) is 4.18. The standard InChI is InChI=1S/C15H21FN2O2S/c16-13-3-5-15(6-4-13)21(19,20)18-9-7-14(8-10-18)17-11-12-1-2-12/h3-6,12,14,17H,1-2,7-11H2. The van der Waals surface area contributed by atoms with E-state index in [1.807, 2.05) is 0 Å². The highest BCUT2D eigenvalue weighted by atomic mass is 32.2. The second-order valence-corrected chi connectivity index (χ2v) is 7.92. The summed E-state index contributed by atoms with van der Waals surface area (Å²) < 4.78 is 39.3. The second-order valence-electron chi connectivity index (χ2n) is 5.98. The average Bonchev–Trinajstić information content (AvgIpc) is 3.30. The first kappa shape index (κ1) is 14.9. The van der Waals surface area contributed by atoms with Gasteiger partial charge < -0.3 is 5.32 Å². The lowest BCUT2D eigenvalue weighted by Gasteiger charge is -2.31. The summed E-state index contributed by atoms with van der Waals surface area (Å²) in [7, 11) is -3.48. The summed E-state index contributed by atoms with van der Waals surface area (Å²) in [6.45, 7) is 2.12. The van der Waals surface area contributed by atoms with Crippen LogP contribution in [-0.2, 0) is 10.0 Å². The molecule has 1 saturated carbocycles. The third-order valence-electron chi connectivity index (χ3n) is 4.30. The van der Waals surface area contributed by atoms with Crippen molar-refractivity contribution in [1.82, 2.24) is 9.62 Å². The fraction of sp³-hybridized carbons (Fsp3) is 0.600. The van der Waals surface area contributed by atoms with Gasteiger partial charge in [-0.15, -0.1) is 0 Å². The lowest BCUT2D eigenvalue weighted by Crippen LogP contribution is -2.45. The van der Waals surface area contributed by atoms with Crippen molar-refractivity contribution in [3.63, 3.8) is 0 Å². The molecule has 1 aliphatic carbocycles. The smallest absolute Gasteiger partial charge is 0.243 e. The van der Waals surface area contributed by atoms with Gasteiger partial charge in [0.25, 0.3) is 0 Å². The lowest BCUT2D eigenvalue weighted by molar-refractivity contribution is 0.288. The van der Waals surface area contributed by atoms with E-state index in [2.05, 4.69) is 5.32 Å². The van der Waals surface area contributed by atoms with Crippen LogP contribution in [0.4, 0.5) is 4.39 Å². The molecule has 1 aliphatic heterocycles. The molecule has 0 radical (unpaired) electrons. The second kappa shape index (κ2) is 6.02. The molecule has 2 fully saturated rings. The Bertz CT molecular complexity index is 576. The van der Waals surface area contributed by atoms with Crippen LogP contribution in [0.1, 0.15) is 25.7 Å². The third kappa shape index (κ3) is 3.62. The Balaban J connectivity index is 1.58. The Kier molecular flexibility index (Phi) is 4.28. The molecule has 4 nitrogen and oxygen atoms in total. The number of sulfonamides is 1. The summed E-state index contributed by atoms with van der Waals surface area (Å²) in [6, 6.07) is 5.47. The van der Waals surface area contributed by atoms with Crippen LogP contribution in [0.15, 0.2) is 29.2 Å². The number of nitrogens with one attached hydrogen (secondary N) is 1. The normalized spacial score (nSPS) is 21.6. The van der Waals surface area contributed by atoms with Gasteiger partial charge in [-0.05, 0) is 62.4 Å². The highest BCUT2D eigenvalue weighted by Crippen LogP contribution is 2.28. The van der Waals surface area contributed by atoms with E-state index in [1.54, 1.807) is 0 Å². The molecule has 0 bridgehead atoms. The van der Waals surface area contributed by atoms with Gasteiger partial charge in [0, 0.05) is 19.1 Å². The quantitative estimate of drug-likeness (QED) is 0.904. The summed E-state index contributed by atoms with van der Waals surface area (Å²) >= 11 is 0. The molecule has 0 unspecified atom stereocenters. The first-order chi connectivity index (χ1) is 10.1. The van der Waals surface area contributed by atoms with Crippen LogP contribution in [0.3, 0.4) is 0 Å². The van der Waals surface area contributed by atoms with Crippen molar-refractivity contribution in [2.45, 2.75) is 36.6 Å². The zero-order chi connectivity index (χ0) is 14.9. The van der Waals surface area contributed by atoms with Crippen molar-refractivity contribution in [2.24, 2.45) is 5.92 Å². The van der Waals surface area contributed by atoms with E-state index in [-0.39, 0.29) is 4.90 Å². The molecule has 1 N–H and O–H groups in total. The summed E-state index contributed by atoms with van der Waals surface area (Å²) in [5.74, 6) is 0.419. The summed E-state index contributed by atoms with van der Waals surface area (Å²) in [5, 5.41) is 3.53. The van der Waals surface area contributed by atoms with Crippen molar-refractivity contribution in [1.29, 1.82) is 0 Å². The monoisotopic (exact) mass is 312 g/mol. The van der Waals surface area contributed by atoms with E-state index in [0.29, 0.717) is 19.1 Å². The van der Waals surface area contributed by atoms with Gasteiger partial charge in [0.1, 0.15) is 5.82 Å². The molecule has 0 atom stereocenters. The van der Waals surface area contributed by atoms with Crippen LogP contribution >= 0.6 is 0 Å². The molecule has 0 aromatic heterocycles. The molecular weight excluding hydrogens is 291 g/mol. The topological polar surface area (TPSA) is 49.4 Å². The molecule has 116 valence electrons. The van der Waals surface area contributed by atoms with Gasteiger partial charge in [-0.2, -0.15) is 4.31 Å². The van der Waals surface area contributed by atoms with Crippen LogP contribution in [0, 0.1) is 11.7 Å². The van der Waals surface area contributed by atoms with Crippen LogP contribution in [-0.4, -0.2) is 38.4 Å². The molecule has 2 aliphatic rings. The summed E-state index contributed by atoms with van der Waals surface area (Å²) in [6.07, 6.45) is 4.33. The number of halogens is 1. The minimum atomic E-state index is -3.48. The van der Waals surface area contributed by atoms with E-state index in [4.69, 9.17) is 0 Å². The Morgan fingerprint density at radius 1 is 1.10 bits per heavy atom. The number of hydrogen-bond acceptors (Lipinski definition) is 3. The summed E-state index contributed by atoms with van der Waals surface area (Å²) in [4.78, 5) is 0.174. The summed E-state index contributed by atoms with van der Waals surface area (Å²) in [5.41, 5.74) is 0. The van der Waals surface area contributed by atoms with E-state index >= 15 is 0 Å².